The molecule has 0 aliphatic heterocycles. The molecule has 0 fully saturated rings. The Hall–Kier alpha value is -1.76. The van der Waals surface area contributed by atoms with Crippen LogP contribution in [-0.4, -0.2) is 5.54 Å². The van der Waals surface area contributed by atoms with Crippen LogP contribution in [-0.2, 0) is 0 Å². The van der Waals surface area contributed by atoms with E-state index in [2.05, 4.69) is 86.3 Å². The Morgan fingerprint density at radius 1 is 0.778 bits per heavy atom. The molecule has 0 aliphatic rings. The van der Waals surface area contributed by atoms with E-state index < -0.39 is 0 Å². The van der Waals surface area contributed by atoms with Gasteiger partial charge in [-0.3, -0.25) is 0 Å². The lowest BCUT2D eigenvalue weighted by Crippen LogP contribution is -2.40. The predicted molar refractivity (Wildman–Crippen MR) is 79.4 cm³/mol. The van der Waals surface area contributed by atoms with Crippen LogP contribution in [0.2, 0.25) is 0 Å². The summed E-state index contributed by atoms with van der Waals surface area (Å²) in [6.07, 6.45) is 1.09. The maximum atomic E-state index is 2.41. The minimum Gasteiger partial charge on any atom is -0.336 e. The van der Waals surface area contributed by atoms with Gasteiger partial charge in [-0.25, -0.2) is 0 Å². The van der Waals surface area contributed by atoms with Crippen molar-refractivity contribution in [1.82, 2.24) is 0 Å². The summed E-state index contributed by atoms with van der Waals surface area (Å²) in [7, 11) is 0. The van der Waals surface area contributed by atoms with E-state index in [0.29, 0.717) is 0 Å². The Kier molecular flexibility index (Phi) is 3.71. The highest BCUT2D eigenvalue weighted by Gasteiger charge is 2.26. The van der Waals surface area contributed by atoms with E-state index in [0.717, 1.165) is 6.42 Å². The highest BCUT2D eigenvalue weighted by molar-refractivity contribution is 5.65. The number of hydrogen-bond donors (Lipinski definition) is 0. The Balaban J connectivity index is 2.49. The fourth-order valence-corrected chi connectivity index (χ4v) is 2.16. The Morgan fingerprint density at radius 3 is 1.50 bits per heavy atom. The van der Waals surface area contributed by atoms with Gasteiger partial charge in [-0.1, -0.05) is 43.3 Å². The molecule has 0 heterocycles. The van der Waals surface area contributed by atoms with Crippen molar-refractivity contribution in [2.75, 3.05) is 4.90 Å². The van der Waals surface area contributed by atoms with Crippen LogP contribution >= 0.6 is 0 Å². The first-order valence-corrected chi connectivity index (χ1v) is 6.55. The second-order valence-electron chi connectivity index (χ2n) is 5.17. The van der Waals surface area contributed by atoms with Crippen molar-refractivity contribution in [2.45, 2.75) is 32.7 Å². The van der Waals surface area contributed by atoms with Crippen LogP contribution in [0.15, 0.2) is 60.7 Å². The van der Waals surface area contributed by atoms with Gasteiger partial charge < -0.3 is 4.90 Å². The summed E-state index contributed by atoms with van der Waals surface area (Å²) < 4.78 is 0. The molecule has 0 aliphatic carbocycles. The second-order valence-corrected chi connectivity index (χ2v) is 5.17. The van der Waals surface area contributed by atoms with Gasteiger partial charge >= 0.3 is 0 Å². The Labute approximate surface area is 110 Å². The molecular weight excluding hydrogens is 218 g/mol. The monoisotopic (exact) mass is 239 g/mol. The van der Waals surface area contributed by atoms with Gasteiger partial charge in [0, 0.05) is 16.9 Å². The van der Waals surface area contributed by atoms with Gasteiger partial charge in [-0.05, 0) is 44.5 Å². The number of benzene rings is 2. The highest BCUT2D eigenvalue weighted by Crippen LogP contribution is 2.34. The molecule has 0 aromatic heterocycles. The first-order valence-electron chi connectivity index (χ1n) is 6.55. The third-order valence-electron chi connectivity index (χ3n) is 3.50. The fraction of sp³-hybridized carbons (Fsp3) is 0.294. The van der Waals surface area contributed by atoms with Crippen molar-refractivity contribution in [1.29, 1.82) is 0 Å². The number of nitrogens with zero attached hydrogens (tertiary/aromatic N) is 1. The lowest BCUT2D eigenvalue weighted by Gasteiger charge is -2.40. The Bertz CT molecular complexity index is 434. The van der Waals surface area contributed by atoms with Crippen molar-refractivity contribution in [3.05, 3.63) is 60.7 Å². The standard InChI is InChI=1S/C17H21N/c1-4-17(2,3)18(15-11-7-5-8-12-15)16-13-9-6-10-14-16/h5-14H,4H2,1-3H3. The first kappa shape index (κ1) is 12.7. The minimum absolute atomic E-state index is 0.0999. The summed E-state index contributed by atoms with van der Waals surface area (Å²) in [5.41, 5.74) is 2.59. The molecule has 1 nitrogen and oxygen atoms in total. The third-order valence-corrected chi connectivity index (χ3v) is 3.50. The van der Waals surface area contributed by atoms with Crippen molar-refractivity contribution in [2.24, 2.45) is 0 Å². The van der Waals surface area contributed by atoms with Gasteiger partial charge in [0.25, 0.3) is 0 Å². The minimum atomic E-state index is 0.0999. The normalized spacial score (nSPS) is 11.3. The molecule has 2 aromatic carbocycles. The molecule has 0 amide bonds. The van der Waals surface area contributed by atoms with Gasteiger partial charge in [-0.2, -0.15) is 0 Å². The van der Waals surface area contributed by atoms with Crippen LogP contribution in [0.4, 0.5) is 11.4 Å². The second kappa shape index (κ2) is 5.26. The summed E-state index contributed by atoms with van der Waals surface area (Å²) in [6.45, 7) is 6.80. The quantitative estimate of drug-likeness (QED) is 0.724. The molecule has 0 atom stereocenters. The molecule has 94 valence electrons. The van der Waals surface area contributed by atoms with Crippen molar-refractivity contribution in [3.8, 4) is 0 Å². The lowest BCUT2D eigenvalue weighted by atomic mass is 9.97. The van der Waals surface area contributed by atoms with Crippen LogP contribution in [0, 0.1) is 0 Å². The summed E-state index contributed by atoms with van der Waals surface area (Å²) in [6, 6.07) is 21.2. The highest BCUT2D eigenvalue weighted by atomic mass is 15.2. The number of para-hydroxylation sites is 2. The van der Waals surface area contributed by atoms with Gasteiger partial charge in [0.05, 0.1) is 0 Å². The van der Waals surface area contributed by atoms with Crippen molar-refractivity contribution < 1.29 is 0 Å². The molecule has 0 unspecified atom stereocenters. The van der Waals surface area contributed by atoms with E-state index >= 15 is 0 Å². The van der Waals surface area contributed by atoms with Crippen LogP contribution in [0.25, 0.3) is 0 Å². The van der Waals surface area contributed by atoms with Gasteiger partial charge in [-0.15, -0.1) is 0 Å². The smallest absolute Gasteiger partial charge is 0.0416 e. The average Bonchev–Trinajstić information content (AvgIpc) is 2.41. The predicted octanol–water partition coefficient (Wildman–Crippen LogP) is 5.01. The molecule has 0 bridgehead atoms. The molecule has 2 aromatic rings. The fourth-order valence-electron chi connectivity index (χ4n) is 2.16. The van der Waals surface area contributed by atoms with E-state index in [9.17, 15) is 0 Å². The number of hydrogen-bond acceptors (Lipinski definition) is 1. The van der Waals surface area contributed by atoms with E-state index in [1.54, 1.807) is 0 Å². The zero-order valence-corrected chi connectivity index (χ0v) is 11.4. The zero-order chi connectivity index (χ0) is 13.0. The van der Waals surface area contributed by atoms with Gasteiger partial charge in [0.1, 0.15) is 0 Å². The van der Waals surface area contributed by atoms with Crippen LogP contribution in [0.5, 0.6) is 0 Å². The van der Waals surface area contributed by atoms with E-state index in [1.165, 1.54) is 11.4 Å². The summed E-state index contributed by atoms with van der Waals surface area (Å²) in [5, 5.41) is 0. The SMILES string of the molecule is CCC(C)(C)N(c1ccccc1)c1ccccc1. The van der Waals surface area contributed by atoms with Gasteiger partial charge in [0.15, 0.2) is 0 Å². The topological polar surface area (TPSA) is 3.24 Å². The summed E-state index contributed by atoms with van der Waals surface area (Å²) in [5.74, 6) is 0. The number of rotatable bonds is 4. The largest absolute Gasteiger partial charge is 0.336 e. The van der Waals surface area contributed by atoms with Crippen LogP contribution in [0.1, 0.15) is 27.2 Å². The molecule has 0 radical (unpaired) electrons. The maximum absolute atomic E-state index is 2.41. The van der Waals surface area contributed by atoms with Crippen LogP contribution in [0.3, 0.4) is 0 Å². The van der Waals surface area contributed by atoms with Crippen LogP contribution < -0.4 is 4.90 Å². The molecule has 18 heavy (non-hydrogen) atoms. The molecule has 0 N–H and O–H groups in total. The van der Waals surface area contributed by atoms with Crippen molar-refractivity contribution in [3.63, 3.8) is 0 Å². The average molecular weight is 239 g/mol. The summed E-state index contributed by atoms with van der Waals surface area (Å²) >= 11 is 0. The first-order chi connectivity index (χ1) is 8.65. The molecule has 0 spiro atoms. The van der Waals surface area contributed by atoms with E-state index in [1.807, 2.05) is 0 Å². The third kappa shape index (κ3) is 2.56. The summed E-state index contributed by atoms with van der Waals surface area (Å²) in [4.78, 5) is 2.41. The maximum Gasteiger partial charge on any atom is 0.0416 e. The molecule has 0 saturated carbocycles. The molecule has 1 heteroatoms. The molecule has 2 rings (SSSR count). The molecular formula is C17H21N. The van der Waals surface area contributed by atoms with Gasteiger partial charge in [0.2, 0.25) is 0 Å². The lowest BCUT2D eigenvalue weighted by molar-refractivity contribution is 0.488. The van der Waals surface area contributed by atoms with E-state index in [4.69, 9.17) is 0 Å². The molecule has 0 saturated heterocycles. The Morgan fingerprint density at radius 2 is 1.17 bits per heavy atom. The zero-order valence-electron chi connectivity index (χ0n) is 11.4. The number of anilines is 2. The van der Waals surface area contributed by atoms with E-state index in [-0.39, 0.29) is 5.54 Å². The van der Waals surface area contributed by atoms with Crippen molar-refractivity contribution >= 4 is 11.4 Å².